The van der Waals surface area contributed by atoms with Crippen LogP contribution in [-0.4, -0.2) is 11.7 Å². The van der Waals surface area contributed by atoms with E-state index in [1.165, 1.54) is 17.5 Å². The number of aromatic hydroxyl groups is 1. The maximum absolute atomic E-state index is 9.61. The average molecular weight is 233 g/mol. The first-order valence-electron chi connectivity index (χ1n) is 6.51. The summed E-state index contributed by atoms with van der Waals surface area (Å²) in [4.78, 5) is 0. The SMILES string of the molecule is CC(C)(C)CCC1NCCc2ccc(O)cc21. The molecular formula is C15H23NO. The van der Waals surface area contributed by atoms with E-state index in [1.54, 1.807) is 6.07 Å². The first-order valence-corrected chi connectivity index (χ1v) is 6.51. The normalized spacial score (nSPS) is 20.1. The van der Waals surface area contributed by atoms with Crippen molar-refractivity contribution in [2.24, 2.45) is 5.41 Å². The Morgan fingerprint density at radius 3 is 2.82 bits per heavy atom. The summed E-state index contributed by atoms with van der Waals surface area (Å²) >= 11 is 0. The summed E-state index contributed by atoms with van der Waals surface area (Å²) in [7, 11) is 0. The van der Waals surface area contributed by atoms with Gasteiger partial charge in [-0.15, -0.1) is 0 Å². The molecule has 94 valence electrons. The average Bonchev–Trinajstić information content (AvgIpc) is 2.25. The largest absolute Gasteiger partial charge is 0.508 e. The van der Waals surface area contributed by atoms with Gasteiger partial charge >= 0.3 is 0 Å². The summed E-state index contributed by atoms with van der Waals surface area (Å²) < 4.78 is 0. The second-order valence-corrected chi connectivity index (χ2v) is 6.24. The molecule has 1 heterocycles. The van der Waals surface area contributed by atoms with E-state index in [2.05, 4.69) is 32.2 Å². The molecule has 0 bridgehead atoms. The van der Waals surface area contributed by atoms with Crippen LogP contribution in [0.1, 0.15) is 50.8 Å². The minimum atomic E-state index is 0.371. The molecule has 1 aliphatic rings. The van der Waals surface area contributed by atoms with Gasteiger partial charge in [0.2, 0.25) is 0 Å². The topological polar surface area (TPSA) is 32.3 Å². The number of fused-ring (bicyclic) bond motifs is 1. The third-order valence-corrected chi connectivity index (χ3v) is 3.47. The van der Waals surface area contributed by atoms with Gasteiger partial charge in [0.15, 0.2) is 0 Å². The molecule has 2 N–H and O–H groups in total. The van der Waals surface area contributed by atoms with Crippen molar-refractivity contribution in [3.63, 3.8) is 0 Å². The van der Waals surface area contributed by atoms with E-state index >= 15 is 0 Å². The molecule has 0 aromatic heterocycles. The van der Waals surface area contributed by atoms with Crippen molar-refractivity contribution in [3.05, 3.63) is 29.3 Å². The van der Waals surface area contributed by atoms with Gasteiger partial charge < -0.3 is 10.4 Å². The zero-order valence-electron chi connectivity index (χ0n) is 11.1. The molecule has 1 atom stereocenters. The lowest BCUT2D eigenvalue weighted by Crippen LogP contribution is -2.30. The second-order valence-electron chi connectivity index (χ2n) is 6.24. The van der Waals surface area contributed by atoms with Crippen LogP contribution in [0.5, 0.6) is 5.75 Å². The highest BCUT2D eigenvalue weighted by Crippen LogP contribution is 2.32. The molecule has 1 unspecified atom stereocenters. The molecule has 0 saturated heterocycles. The first kappa shape index (κ1) is 12.4. The smallest absolute Gasteiger partial charge is 0.115 e. The quantitative estimate of drug-likeness (QED) is 0.820. The van der Waals surface area contributed by atoms with Crippen molar-refractivity contribution < 1.29 is 5.11 Å². The molecule has 0 radical (unpaired) electrons. The molecule has 2 heteroatoms. The summed E-state index contributed by atoms with van der Waals surface area (Å²) in [5, 5.41) is 13.2. The molecule has 2 rings (SSSR count). The fourth-order valence-corrected chi connectivity index (χ4v) is 2.46. The number of nitrogens with one attached hydrogen (secondary N) is 1. The maximum Gasteiger partial charge on any atom is 0.115 e. The summed E-state index contributed by atoms with van der Waals surface area (Å²) in [5.41, 5.74) is 3.05. The van der Waals surface area contributed by atoms with Crippen molar-refractivity contribution in [3.8, 4) is 5.75 Å². The lowest BCUT2D eigenvalue weighted by atomic mass is 9.84. The fourth-order valence-electron chi connectivity index (χ4n) is 2.46. The van der Waals surface area contributed by atoms with Gasteiger partial charge in [0.05, 0.1) is 0 Å². The van der Waals surface area contributed by atoms with E-state index in [1.807, 2.05) is 6.07 Å². The molecule has 2 nitrogen and oxygen atoms in total. The molecule has 0 spiro atoms. The number of hydrogen-bond donors (Lipinski definition) is 2. The number of phenolic OH excluding ortho intramolecular Hbond substituents is 1. The predicted octanol–water partition coefficient (Wildman–Crippen LogP) is 3.41. The minimum Gasteiger partial charge on any atom is -0.508 e. The Kier molecular flexibility index (Phi) is 3.43. The van der Waals surface area contributed by atoms with Gasteiger partial charge in [0.1, 0.15) is 5.75 Å². The maximum atomic E-state index is 9.61. The van der Waals surface area contributed by atoms with Crippen LogP contribution >= 0.6 is 0 Å². The lowest BCUT2D eigenvalue weighted by molar-refractivity contribution is 0.327. The predicted molar refractivity (Wildman–Crippen MR) is 71.2 cm³/mol. The van der Waals surface area contributed by atoms with Crippen molar-refractivity contribution in [2.45, 2.75) is 46.1 Å². The highest BCUT2D eigenvalue weighted by Gasteiger charge is 2.22. The number of benzene rings is 1. The third-order valence-electron chi connectivity index (χ3n) is 3.47. The van der Waals surface area contributed by atoms with Crippen molar-refractivity contribution >= 4 is 0 Å². The van der Waals surface area contributed by atoms with Crippen LogP contribution in [0.4, 0.5) is 0 Å². The van der Waals surface area contributed by atoms with Gasteiger partial charge in [0, 0.05) is 6.04 Å². The van der Waals surface area contributed by atoms with E-state index in [-0.39, 0.29) is 0 Å². The summed E-state index contributed by atoms with van der Waals surface area (Å²) in [5.74, 6) is 0.383. The first-order chi connectivity index (χ1) is 7.96. The van der Waals surface area contributed by atoms with Crippen LogP contribution < -0.4 is 5.32 Å². The Balaban J connectivity index is 2.14. The van der Waals surface area contributed by atoms with Crippen molar-refractivity contribution in [2.75, 3.05) is 6.54 Å². The van der Waals surface area contributed by atoms with E-state index < -0.39 is 0 Å². The summed E-state index contributed by atoms with van der Waals surface area (Å²) in [6.45, 7) is 7.88. The van der Waals surface area contributed by atoms with E-state index in [0.717, 1.165) is 19.4 Å². The number of phenols is 1. The van der Waals surface area contributed by atoms with Gasteiger partial charge in [0.25, 0.3) is 0 Å². The van der Waals surface area contributed by atoms with Crippen molar-refractivity contribution in [1.29, 1.82) is 0 Å². The molecule has 1 aromatic rings. The molecule has 1 aliphatic heterocycles. The Labute approximate surface area is 104 Å². The van der Waals surface area contributed by atoms with Gasteiger partial charge in [-0.3, -0.25) is 0 Å². The van der Waals surface area contributed by atoms with Crippen LogP contribution in [0.25, 0.3) is 0 Å². The van der Waals surface area contributed by atoms with E-state index in [0.29, 0.717) is 17.2 Å². The monoisotopic (exact) mass is 233 g/mol. The summed E-state index contributed by atoms with van der Waals surface area (Å²) in [6.07, 6.45) is 3.40. The van der Waals surface area contributed by atoms with Crippen LogP contribution in [0.2, 0.25) is 0 Å². The third kappa shape index (κ3) is 3.22. The molecule has 1 aromatic carbocycles. The van der Waals surface area contributed by atoms with Crippen LogP contribution in [0.3, 0.4) is 0 Å². The van der Waals surface area contributed by atoms with E-state index in [4.69, 9.17) is 0 Å². The second kappa shape index (κ2) is 4.69. The molecular weight excluding hydrogens is 210 g/mol. The van der Waals surface area contributed by atoms with Crippen LogP contribution in [0.15, 0.2) is 18.2 Å². The van der Waals surface area contributed by atoms with E-state index in [9.17, 15) is 5.11 Å². The molecule has 0 saturated carbocycles. The van der Waals surface area contributed by atoms with Crippen molar-refractivity contribution in [1.82, 2.24) is 5.32 Å². The van der Waals surface area contributed by atoms with Gasteiger partial charge in [-0.1, -0.05) is 26.8 Å². The molecule has 17 heavy (non-hydrogen) atoms. The Hall–Kier alpha value is -1.02. The minimum absolute atomic E-state index is 0.371. The standard InChI is InChI=1S/C15H23NO/c1-15(2,3)8-6-14-13-10-12(17)5-4-11(13)7-9-16-14/h4-5,10,14,16-17H,6-9H2,1-3H3. The fraction of sp³-hybridized carbons (Fsp3) is 0.600. The lowest BCUT2D eigenvalue weighted by Gasteiger charge is -2.29. The highest BCUT2D eigenvalue weighted by atomic mass is 16.3. The zero-order chi connectivity index (χ0) is 12.5. The van der Waals surface area contributed by atoms with Crippen LogP contribution in [-0.2, 0) is 6.42 Å². The number of hydrogen-bond acceptors (Lipinski definition) is 2. The Morgan fingerprint density at radius 2 is 2.12 bits per heavy atom. The number of rotatable bonds is 2. The molecule has 0 aliphatic carbocycles. The Bertz CT molecular complexity index is 392. The summed E-state index contributed by atoms with van der Waals surface area (Å²) in [6, 6.07) is 6.19. The highest BCUT2D eigenvalue weighted by molar-refractivity contribution is 5.38. The van der Waals surface area contributed by atoms with Gasteiger partial charge in [-0.05, 0) is 54.5 Å². The van der Waals surface area contributed by atoms with Gasteiger partial charge in [-0.25, -0.2) is 0 Å². The van der Waals surface area contributed by atoms with Gasteiger partial charge in [-0.2, -0.15) is 0 Å². The zero-order valence-corrected chi connectivity index (χ0v) is 11.1. The van der Waals surface area contributed by atoms with Crippen LogP contribution in [0, 0.1) is 5.41 Å². The molecule has 0 amide bonds. The molecule has 0 fully saturated rings. The Morgan fingerprint density at radius 1 is 1.35 bits per heavy atom.